The zero-order valence-electron chi connectivity index (χ0n) is 28.8. The Labute approximate surface area is 292 Å². The lowest BCUT2D eigenvalue weighted by Crippen LogP contribution is -2.70. The number of nitrogens with zero attached hydrogens (tertiary/aromatic N) is 2. The zero-order chi connectivity index (χ0) is 36.0. The maximum Gasteiger partial charge on any atom is 0.418 e. The molecule has 1 N–H and O–H groups in total. The Morgan fingerprint density at radius 3 is 1.83 bits per heavy atom. The maximum absolute atomic E-state index is 14.9. The van der Waals surface area contributed by atoms with E-state index in [0.29, 0.717) is 5.02 Å². The minimum Gasteiger partial charge on any atom is -0.465 e. The van der Waals surface area contributed by atoms with Crippen molar-refractivity contribution in [1.29, 1.82) is 0 Å². The number of anilines is 3. The fourth-order valence-electron chi connectivity index (χ4n) is 4.82. The van der Waals surface area contributed by atoms with E-state index < -0.39 is 40.5 Å². The number of hydrogen-bond acceptors (Lipinski definition) is 8. The summed E-state index contributed by atoms with van der Waals surface area (Å²) >= 11 is 12.6. The van der Waals surface area contributed by atoms with Gasteiger partial charge in [-0.15, -0.1) is 0 Å². The van der Waals surface area contributed by atoms with E-state index in [1.165, 1.54) is 49.6 Å². The second-order valence-corrected chi connectivity index (χ2v) is 13.8. The molecule has 12 heteroatoms. The normalized spacial score (nSPS) is 12.7. The average molecular weight is 701 g/mol. The number of rotatable bonds is 11. The summed E-state index contributed by atoms with van der Waals surface area (Å²) in [7, 11) is 1.25. The van der Waals surface area contributed by atoms with Gasteiger partial charge in [-0.05, 0) is 101 Å². The number of ketones is 1. The van der Waals surface area contributed by atoms with Gasteiger partial charge in [-0.1, -0.05) is 44.0 Å². The Balaban J connectivity index is 2.41. The Morgan fingerprint density at radius 2 is 1.35 bits per heavy atom. The molecule has 0 bridgehead atoms. The number of ether oxygens (including phenoxy) is 3. The summed E-state index contributed by atoms with van der Waals surface area (Å²) in [5, 5.41) is 3.10. The number of Topliss-reactive ketones (excluding diaryl/α,β-unsaturated/α-hetero) is 1. The topological polar surface area (TPSA) is 114 Å². The summed E-state index contributed by atoms with van der Waals surface area (Å²) in [6.07, 6.45) is -1.03. The van der Waals surface area contributed by atoms with Gasteiger partial charge in [0, 0.05) is 29.2 Å². The van der Waals surface area contributed by atoms with E-state index in [1.54, 1.807) is 65.8 Å². The van der Waals surface area contributed by atoms with E-state index in [-0.39, 0.29) is 27.7 Å². The highest BCUT2D eigenvalue weighted by atomic mass is 35.5. The molecule has 3 aromatic carbocycles. The molecule has 3 aromatic rings. The van der Waals surface area contributed by atoms with Crippen molar-refractivity contribution in [3.8, 4) is 5.75 Å². The summed E-state index contributed by atoms with van der Waals surface area (Å²) in [5.74, 6) is -2.43. The third kappa shape index (κ3) is 8.79. The third-order valence-corrected chi connectivity index (χ3v) is 7.69. The highest BCUT2D eigenvalue weighted by Crippen LogP contribution is 2.38. The Hall–Kier alpha value is -4.28. The quantitative estimate of drug-likeness (QED) is 0.121. The number of halogens is 2. The van der Waals surface area contributed by atoms with Gasteiger partial charge in [0.05, 0.1) is 29.1 Å². The standard InChI is InChI=1S/C36H43Cl2N3O7/c1-10-40(11-2)25-15-17-26(18-16-25)41(33(45)48-35(6,7)8)36(31(43)34(3,4)5,32(44)39-29-21-14-24(37)22-28(29)38)47-27-19-12-23(13-20-27)30(42)46-9/h12-22H,10-11H2,1-9H3,(H,39,44). The first kappa shape index (κ1) is 38.2. The molecule has 0 spiro atoms. The van der Waals surface area contributed by atoms with Crippen LogP contribution in [0.25, 0.3) is 0 Å². The lowest BCUT2D eigenvalue weighted by Gasteiger charge is -2.43. The number of carbonyl (C=O) groups is 4. The number of benzene rings is 3. The summed E-state index contributed by atoms with van der Waals surface area (Å²) in [6.45, 7) is 15.3. The number of nitrogens with one attached hydrogen (secondary N) is 1. The lowest BCUT2D eigenvalue weighted by molar-refractivity contribution is -0.151. The Bertz CT molecular complexity index is 1630. The first-order chi connectivity index (χ1) is 22.4. The fourth-order valence-corrected chi connectivity index (χ4v) is 5.28. The predicted molar refractivity (Wildman–Crippen MR) is 189 cm³/mol. The maximum atomic E-state index is 14.9. The molecule has 0 radical (unpaired) electrons. The van der Waals surface area contributed by atoms with Gasteiger partial charge >= 0.3 is 17.8 Å². The molecule has 1 unspecified atom stereocenters. The molecule has 48 heavy (non-hydrogen) atoms. The van der Waals surface area contributed by atoms with Gasteiger partial charge in [0.2, 0.25) is 5.78 Å². The van der Waals surface area contributed by atoms with Crippen LogP contribution in [-0.2, 0) is 19.1 Å². The van der Waals surface area contributed by atoms with E-state index in [4.69, 9.17) is 37.4 Å². The van der Waals surface area contributed by atoms with E-state index in [9.17, 15) is 19.2 Å². The molecule has 3 rings (SSSR count). The average Bonchev–Trinajstić information content (AvgIpc) is 3.01. The summed E-state index contributed by atoms with van der Waals surface area (Å²) in [4.78, 5) is 59.3. The molecule has 2 amide bonds. The monoisotopic (exact) mass is 699 g/mol. The smallest absolute Gasteiger partial charge is 0.418 e. The molecule has 258 valence electrons. The van der Waals surface area contributed by atoms with E-state index in [2.05, 4.69) is 10.2 Å². The second-order valence-electron chi connectivity index (χ2n) is 12.9. The highest BCUT2D eigenvalue weighted by molar-refractivity contribution is 6.37. The molecule has 0 aliphatic rings. The molecular weight excluding hydrogens is 657 g/mol. The zero-order valence-corrected chi connectivity index (χ0v) is 30.3. The van der Waals surface area contributed by atoms with Crippen LogP contribution >= 0.6 is 23.2 Å². The van der Waals surface area contributed by atoms with Crippen LogP contribution in [-0.4, -0.2) is 55.3 Å². The van der Waals surface area contributed by atoms with Gasteiger partial charge in [0.15, 0.2) is 0 Å². The van der Waals surface area contributed by atoms with Crippen LogP contribution in [0.1, 0.15) is 65.7 Å². The first-order valence-corrected chi connectivity index (χ1v) is 16.2. The van der Waals surface area contributed by atoms with E-state index in [1.807, 2.05) is 13.8 Å². The second kappa shape index (κ2) is 15.3. The van der Waals surface area contributed by atoms with Crippen LogP contribution in [0.2, 0.25) is 10.0 Å². The van der Waals surface area contributed by atoms with Gasteiger partial charge in [-0.2, -0.15) is 0 Å². The van der Waals surface area contributed by atoms with Crippen LogP contribution in [0.15, 0.2) is 66.7 Å². The number of amides is 2. The molecule has 0 fully saturated rings. The SMILES string of the molecule is CCN(CC)c1ccc(N(C(=O)OC(C)(C)C)C(Oc2ccc(C(=O)OC)cc2)(C(=O)Nc2ccc(Cl)cc2Cl)C(=O)C(C)(C)C)cc1. The van der Waals surface area contributed by atoms with Gasteiger partial charge in [-0.3, -0.25) is 9.59 Å². The molecule has 0 saturated carbocycles. The van der Waals surface area contributed by atoms with Crippen molar-refractivity contribution < 1.29 is 33.4 Å². The fraction of sp³-hybridized carbons (Fsp3) is 0.389. The van der Waals surface area contributed by atoms with Crippen LogP contribution in [0.5, 0.6) is 5.75 Å². The highest BCUT2D eigenvalue weighted by Gasteiger charge is 2.60. The van der Waals surface area contributed by atoms with Crippen molar-refractivity contribution in [3.63, 3.8) is 0 Å². The van der Waals surface area contributed by atoms with Crippen molar-refractivity contribution in [2.24, 2.45) is 5.41 Å². The first-order valence-electron chi connectivity index (χ1n) is 15.4. The molecule has 0 aromatic heterocycles. The van der Waals surface area contributed by atoms with Crippen LogP contribution in [0, 0.1) is 5.41 Å². The number of hydrogen-bond donors (Lipinski definition) is 1. The molecule has 10 nitrogen and oxygen atoms in total. The van der Waals surface area contributed by atoms with E-state index in [0.717, 1.165) is 23.7 Å². The molecule has 0 saturated heterocycles. The minimum absolute atomic E-state index is 0.00840. The number of carbonyl (C=O) groups excluding carboxylic acids is 4. The molecule has 1 atom stereocenters. The van der Waals surface area contributed by atoms with Crippen molar-refractivity contribution in [2.75, 3.05) is 35.3 Å². The number of esters is 1. The number of methoxy groups -OCH3 is 1. The predicted octanol–water partition coefficient (Wildman–Crippen LogP) is 8.40. The van der Waals surface area contributed by atoms with Crippen molar-refractivity contribution in [3.05, 3.63) is 82.3 Å². The van der Waals surface area contributed by atoms with Crippen molar-refractivity contribution in [1.82, 2.24) is 0 Å². The molecule has 0 aliphatic heterocycles. The van der Waals surface area contributed by atoms with Crippen LogP contribution < -0.4 is 19.9 Å². The molecule has 0 aliphatic carbocycles. The summed E-state index contributed by atoms with van der Waals surface area (Å²) in [6, 6.07) is 16.8. The van der Waals surface area contributed by atoms with Crippen LogP contribution in [0.4, 0.5) is 21.9 Å². The van der Waals surface area contributed by atoms with Gasteiger partial charge in [0.25, 0.3) is 5.91 Å². The third-order valence-electron chi connectivity index (χ3n) is 7.14. The van der Waals surface area contributed by atoms with Gasteiger partial charge in [-0.25, -0.2) is 14.5 Å². The van der Waals surface area contributed by atoms with Crippen molar-refractivity contribution >= 4 is 64.0 Å². The lowest BCUT2D eigenvalue weighted by atomic mass is 9.82. The van der Waals surface area contributed by atoms with E-state index >= 15 is 0 Å². The molecule has 0 heterocycles. The largest absolute Gasteiger partial charge is 0.465 e. The summed E-state index contributed by atoms with van der Waals surface area (Å²) < 4.78 is 17.1. The molecular formula is C36H43Cl2N3O7. The van der Waals surface area contributed by atoms with Crippen molar-refractivity contribution in [2.45, 2.75) is 66.7 Å². The van der Waals surface area contributed by atoms with Crippen LogP contribution in [0.3, 0.4) is 0 Å². The Morgan fingerprint density at radius 1 is 0.792 bits per heavy atom. The summed E-state index contributed by atoms with van der Waals surface area (Å²) in [5.41, 5.74) is -3.72. The van der Waals surface area contributed by atoms with Gasteiger partial charge < -0.3 is 24.4 Å². The Kier molecular flexibility index (Phi) is 12.2. The van der Waals surface area contributed by atoms with Gasteiger partial charge in [0.1, 0.15) is 11.4 Å². The minimum atomic E-state index is -2.73.